The van der Waals surface area contributed by atoms with Crippen LogP contribution < -0.4 is 10.6 Å². The van der Waals surface area contributed by atoms with E-state index in [0.717, 1.165) is 22.0 Å². The molecule has 0 bridgehead atoms. The van der Waals surface area contributed by atoms with Gasteiger partial charge in [-0.2, -0.15) is 0 Å². The molecule has 3 nitrogen and oxygen atoms in total. The Hall–Kier alpha value is -1.65. The fraction of sp³-hybridized carbons (Fsp3) is 0.188. The van der Waals surface area contributed by atoms with Gasteiger partial charge in [0.1, 0.15) is 0 Å². The second kappa shape index (κ2) is 7.38. The lowest BCUT2D eigenvalue weighted by atomic mass is 10.2. The van der Waals surface area contributed by atoms with Crippen LogP contribution >= 0.6 is 23.4 Å². The fourth-order valence-corrected chi connectivity index (χ4v) is 2.80. The third-order valence-electron chi connectivity index (χ3n) is 3.06. The normalized spacial score (nSPS) is 10.4. The van der Waals surface area contributed by atoms with E-state index in [1.807, 2.05) is 36.4 Å². The maximum Gasteiger partial charge on any atom is 0.236 e. The number of nitrogen functional groups attached to an aromatic ring is 1. The van der Waals surface area contributed by atoms with Crippen LogP contribution in [0.4, 0.5) is 11.4 Å². The number of nitrogens with two attached hydrogens (primary N) is 1. The summed E-state index contributed by atoms with van der Waals surface area (Å²) in [5.74, 6) is 1.29. The molecule has 0 heterocycles. The van der Waals surface area contributed by atoms with E-state index in [1.165, 1.54) is 0 Å². The summed E-state index contributed by atoms with van der Waals surface area (Å²) < 4.78 is 0. The molecule has 2 aromatic rings. The quantitative estimate of drug-likeness (QED) is 0.852. The maximum atomic E-state index is 12.1. The topological polar surface area (TPSA) is 46.3 Å². The molecule has 0 atom stereocenters. The number of benzene rings is 2. The lowest BCUT2D eigenvalue weighted by molar-refractivity contribution is -0.115. The number of anilines is 2. The molecular formula is C16H17ClN2OS. The molecule has 0 unspecified atom stereocenters. The number of nitrogens with zero attached hydrogens (tertiary/aromatic N) is 1. The van der Waals surface area contributed by atoms with Crippen LogP contribution in [0.3, 0.4) is 0 Å². The molecule has 0 aliphatic carbocycles. The smallest absolute Gasteiger partial charge is 0.236 e. The second-order valence-corrected chi connectivity index (χ2v) is 6.09. The minimum atomic E-state index is 0.0683. The Morgan fingerprint density at radius 1 is 1.14 bits per heavy atom. The van der Waals surface area contributed by atoms with Crippen LogP contribution in [0.2, 0.25) is 5.02 Å². The van der Waals surface area contributed by atoms with Gasteiger partial charge in [-0.3, -0.25) is 4.79 Å². The van der Waals surface area contributed by atoms with E-state index >= 15 is 0 Å². The molecule has 5 heteroatoms. The van der Waals surface area contributed by atoms with E-state index < -0.39 is 0 Å². The summed E-state index contributed by atoms with van der Waals surface area (Å²) in [5.41, 5.74) is 8.34. The van der Waals surface area contributed by atoms with Gasteiger partial charge in [0, 0.05) is 29.2 Å². The minimum absolute atomic E-state index is 0.0683. The number of rotatable bonds is 5. The molecule has 0 fully saturated rings. The molecular weight excluding hydrogens is 304 g/mol. The molecule has 0 spiro atoms. The van der Waals surface area contributed by atoms with E-state index in [9.17, 15) is 4.79 Å². The number of carbonyl (C=O) groups is 1. The van der Waals surface area contributed by atoms with Gasteiger partial charge >= 0.3 is 0 Å². The van der Waals surface area contributed by atoms with Crippen LogP contribution in [0.15, 0.2) is 48.5 Å². The average molecular weight is 321 g/mol. The predicted molar refractivity (Wildman–Crippen MR) is 91.9 cm³/mol. The van der Waals surface area contributed by atoms with Gasteiger partial charge in [-0.05, 0) is 42.0 Å². The van der Waals surface area contributed by atoms with Crippen LogP contribution in [0, 0.1) is 0 Å². The molecule has 1 amide bonds. The van der Waals surface area contributed by atoms with Gasteiger partial charge in [-0.15, -0.1) is 11.8 Å². The van der Waals surface area contributed by atoms with Crippen molar-refractivity contribution in [2.24, 2.45) is 0 Å². The molecule has 0 aliphatic rings. The van der Waals surface area contributed by atoms with E-state index in [1.54, 1.807) is 35.8 Å². The summed E-state index contributed by atoms with van der Waals surface area (Å²) in [6.07, 6.45) is 0. The molecule has 2 aromatic carbocycles. The van der Waals surface area contributed by atoms with Crippen molar-refractivity contribution in [1.29, 1.82) is 0 Å². The van der Waals surface area contributed by atoms with Gasteiger partial charge in [-0.1, -0.05) is 23.7 Å². The Morgan fingerprint density at radius 3 is 2.38 bits per heavy atom. The minimum Gasteiger partial charge on any atom is -0.399 e. The number of thioether (sulfide) groups is 1. The van der Waals surface area contributed by atoms with Gasteiger partial charge in [0.25, 0.3) is 0 Å². The van der Waals surface area contributed by atoms with Gasteiger partial charge in [0.05, 0.1) is 5.75 Å². The summed E-state index contributed by atoms with van der Waals surface area (Å²) in [4.78, 5) is 13.8. The van der Waals surface area contributed by atoms with E-state index in [0.29, 0.717) is 11.4 Å². The second-order valence-electron chi connectivity index (χ2n) is 4.66. The molecule has 21 heavy (non-hydrogen) atoms. The highest BCUT2D eigenvalue weighted by Crippen LogP contribution is 2.18. The number of amides is 1. The summed E-state index contributed by atoms with van der Waals surface area (Å²) >= 11 is 7.43. The van der Waals surface area contributed by atoms with Gasteiger partial charge in [-0.25, -0.2) is 0 Å². The first-order chi connectivity index (χ1) is 10.1. The van der Waals surface area contributed by atoms with Crippen LogP contribution in [-0.2, 0) is 10.5 Å². The molecule has 0 saturated carbocycles. The summed E-state index contributed by atoms with van der Waals surface area (Å²) in [7, 11) is 1.77. The molecule has 2 N–H and O–H groups in total. The standard InChI is InChI=1S/C16H17ClN2OS/c1-19(15-8-6-14(18)7-9-15)16(20)11-21-10-12-2-4-13(17)5-3-12/h2-9H,10-11,18H2,1H3. The molecule has 110 valence electrons. The lowest BCUT2D eigenvalue weighted by Gasteiger charge is -2.17. The van der Waals surface area contributed by atoms with Crippen molar-refractivity contribution in [3.63, 3.8) is 0 Å². The maximum absolute atomic E-state index is 12.1. The summed E-state index contributed by atoms with van der Waals surface area (Å²) in [6, 6.07) is 14.9. The number of hydrogen-bond acceptors (Lipinski definition) is 3. The van der Waals surface area contributed by atoms with Crippen LogP contribution in [-0.4, -0.2) is 18.7 Å². The zero-order valence-electron chi connectivity index (χ0n) is 11.8. The number of halogens is 1. The van der Waals surface area contributed by atoms with E-state index in [-0.39, 0.29) is 5.91 Å². The summed E-state index contributed by atoms with van der Waals surface area (Å²) in [6.45, 7) is 0. The average Bonchev–Trinajstić information content (AvgIpc) is 2.49. The van der Waals surface area contributed by atoms with E-state index in [4.69, 9.17) is 17.3 Å². The number of carbonyl (C=O) groups excluding carboxylic acids is 1. The van der Waals surface area contributed by atoms with Gasteiger partial charge in [0.15, 0.2) is 0 Å². The highest BCUT2D eigenvalue weighted by atomic mass is 35.5. The molecule has 0 radical (unpaired) electrons. The monoisotopic (exact) mass is 320 g/mol. The first-order valence-corrected chi connectivity index (χ1v) is 8.04. The molecule has 2 rings (SSSR count). The Bertz CT molecular complexity index is 599. The zero-order valence-corrected chi connectivity index (χ0v) is 13.3. The fourth-order valence-electron chi connectivity index (χ4n) is 1.78. The van der Waals surface area contributed by atoms with Crippen LogP contribution in [0.25, 0.3) is 0 Å². The highest BCUT2D eigenvalue weighted by molar-refractivity contribution is 7.99. The van der Waals surface area contributed by atoms with Crippen LogP contribution in [0.1, 0.15) is 5.56 Å². The largest absolute Gasteiger partial charge is 0.399 e. The Labute approximate surface area is 134 Å². The Kier molecular flexibility index (Phi) is 5.53. The van der Waals surface area contributed by atoms with Crippen molar-refractivity contribution < 1.29 is 4.79 Å². The predicted octanol–water partition coefficient (Wildman–Crippen LogP) is 3.82. The van der Waals surface area contributed by atoms with Crippen molar-refractivity contribution >= 4 is 40.6 Å². The first kappa shape index (κ1) is 15.7. The third kappa shape index (κ3) is 4.69. The van der Waals surface area contributed by atoms with Crippen molar-refractivity contribution in [3.05, 3.63) is 59.1 Å². The first-order valence-electron chi connectivity index (χ1n) is 6.50. The van der Waals surface area contributed by atoms with Crippen molar-refractivity contribution in [2.45, 2.75) is 5.75 Å². The van der Waals surface area contributed by atoms with Crippen molar-refractivity contribution in [2.75, 3.05) is 23.4 Å². The van der Waals surface area contributed by atoms with Crippen molar-refractivity contribution in [3.8, 4) is 0 Å². The van der Waals surface area contributed by atoms with Crippen molar-refractivity contribution in [1.82, 2.24) is 0 Å². The zero-order chi connectivity index (χ0) is 15.2. The summed E-state index contributed by atoms with van der Waals surface area (Å²) in [5, 5.41) is 0.725. The molecule has 0 aliphatic heterocycles. The van der Waals surface area contributed by atoms with E-state index in [2.05, 4.69) is 0 Å². The van der Waals surface area contributed by atoms with Crippen LogP contribution in [0.5, 0.6) is 0 Å². The Morgan fingerprint density at radius 2 is 1.76 bits per heavy atom. The molecule has 0 saturated heterocycles. The SMILES string of the molecule is CN(C(=O)CSCc1ccc(Cl)cc1)c1ccc(N)cc1. The van der Waals surface area contributed by atoms with Gasteiger partial charge in [0.2, 0.25) is 5.91 Å². The lowest BCUT2D eigenvalue weighted by Crippen LogP contribution is -2.27. The number of hydrogen-bond donors (Lipinski definition) is 1. The third-order valence-corrected chi connectivity index (χ3v) is 4.30. The Balaban J connectivity index is 1.83. The highest BCUT2D eigenvalue weighted by Gasteiger charge is 2.10. The molecule has 0 aromatic heterocycles. The van der Waals surface area contributed by atoms with Gasteiger partial charge < -0.3 is 10.6 Å².